The van der Waals surface area contributed by atoms with Gasteiger partial charge in [-0.05, 0) is 12.1 Å². The first-order chi connectivity index (χ1) is 6.66. The predicted molar refractivity (Wildman–Crippen MR) is 54.2 cm³/mol. The molecule has 1 aliphatic heterocycles. The minimum atomic E-state index is -0.0942. The molecule has 4 nitrogen and oxygen atoms in total. The Morgan fingerprint density at radius 2 is 2.36 bits per heavy atom. The molecule has 1 aliphatic rings. The molecule has 1 fully saturated rings. The van der Waals surface area contributed by atoms with E-state index in [1.165, 1.54) is 0 Å². The van der Waals surface area contributed by atoms with Gasteiger partial charge in [-0.1, -0.05) is 17.7 Å². The third kappa shape index (κ3) is 1.71. The normalized spacial score (nSPS) is 21.7. The molecule has 0 spiro atoms. The van der Waals surface area contributed by atoms with Crippen molar-refractivity contribution in [2.24, 2.45) is 5.73 Å². The van der Waals surface area contributed by atoms with Crippen LogP contribution in [-0.4, -0.2) is 23.5 Å². The van der Waals surface area contributed by atoms with Gasteiger partial charge < -0.3 is 5.73 Å². The van der Waals surface area contributed by atoms with Crippen molar-refractivity contribution >= 4 is 23.3 Å². The van der Waals surface area contributed by atoms with Crippen molar-refractivity contribution in [3.8, 4) is 0 Å². The lowest BCUT2D eigenvalue weighted by atomic mass is 10.3. The molecule has 1 aromatic rings. The number of amides is 1. The third-order valence-electron chi connectivity index (χ3n) is 2.13. The molecule has 2 N–H and O–H groups in total. The van der Waals surface area contributed by atoms with Crippen molar-refractivity contribution in [3.05, 3.63) is 23.4 Å². The first kappa shape index (κ1) is 9.43. The van der Waals surface area contributed by atoms with E-state index in [1.807, 2.05) is 0 Å². The Bertz CT molecular complexity index is 369. The van der Waals surface area contributed by atoms with Gasteiger partial charge in [0, 0.05) is 19.0 Å². The lowest BCUT2D eigenvalue weighted by Gasteiger charge is -2.14. The highest BCUT2D eigenvalue weighted by molar-refractivity contribution is 6.29. The van der Waals surface area contributed by atoms with Crippen molar-refractivity contribution < 1.29 is 4.79 Å². The summed E-state index contributed by atoms with van der Waals surface area (Å²) in [4.78, 5) is 17.1. The molecule has 1 amide bonds. The van der Waals surface area contributed by atoms with Gasteiger partial charge in [-0.2, -0.15) is 0 Å². The zero-order valence-electron chi connectivity index (χ0n) is 7.48. The summed E-state index contributed by atoms with van der Waals surface area (Å²) in [6, 6.07) is 5.10. The topological polar surface area (TPSA) is 59.2 Å². The molecule has 1 saturated heterocycles. The molecule has 0 aromatic carbocycles. The number of hydrogen-bond acceptors (Lipinski definition) is 3. The molecular formula is C9H10ClN3O. The number of hydrogen-bond donors (Lipinski definition) is 1. The van der Waals surface area contributed by atoms with Crippen molar-refractivity contribution in [2.45, 2.75) is 12.5 Å². The molecule has 0 saturated carbocycles. The van der Waals surface area contributed by atoms with Gasteiger partial charge in [0.25, 0.3) is 0 Å². The van der Waals surface area contributed by atoms with Crippen molar-refractivity contribution in [1.29, 1.82) is 0 Å². The van der Waals surface area contributed by atoms with Gasteiger partial charge >= 0.3 is 0 Å². The quantitative estimate of drug-likeness (QED) is 0.699. The summed E-state index contributed by atoms with van der Waals surface area (Å²) >= 11 is 5.73. The molecule has 0 bridgehead atoms. The Morgan fingerprint density at radius 3 is 2.93 bits per heavy atom. The summed E-state index contributed by atoms with van der Waals surface area (Å²) in [5.74, 6) is 0.586. The van der Waals surface area contributed by atoms with E-state index in [9.17, 15) is 4.79 Å². The van der Waals surface area contributed by atoms with Crippen LogP contribution in [0.25, 0.3) is 0 Å². The second kappa shape index (κ2) is 3.55. The summed E-state index contributed by atoms with van der Waals surface area (Å²) in [5, 5.41) is 0.385. The van der Waals surface area contributed by atoms with Gasteiger partial charge in [0.15, 0.2) is 0 Å². The lowest BCUT2D eigenvalue weighted by Crippen LogP contribution is -2.28. The lowest BCUT2D eigenvalue weighted by molar-refractivity contribution is -0.117. The molecule has 14 heavy (non-hydrogen) atoms. The van der Waals surface area contributed by atoms with E-state index in [0.717, 1.165) is 0 Å². The van der Waals surface area contributed by atoms with Crippen LogP contribution in [0, 0.1) is 0 Å². The van der Waals surface area contributed by atoms with E-state index < -0.39 is 0 Å². The Labute approximate surface area is 86.7 Å². The first-order valence-electron chi connectivity index (χ1n) is 4.35. The fourth-order valence-electron chi connectivity index (χ4n) is 1.50. The Hall–Kier alpha value is -1.13. The van der Waals surface area contributed by atoms with Crippen LogP contribution in [0.5, 0.6) is 0 Å². The maximum Gasteiger partial charge on any atom is 0.229 e. The minimum Gasteiger partial charge on any atom is -0.326 e. The monoisotopic (exact) mass is 211 g/mol. The fourth-order valence-corrected chi connectivity index (χ4v) is 1.66. The summed E-state index contributed by atoms with van der Waals surface area (Å²) in [6.45, 7) is 0.520. The number of nitrogens with zero attached hydrogens (tertiary/aromatic N) is 2. The molecule has 74 valence electrons. The van der Waals surface area contributed by atoms with Crippen LogP contribution >= 0.6 is 11.6 Å². The van der Waals surface area contributed by atoms with E-state index in [1.54, 1.807) is 23.1 Å². The molecule has 0 radical (unpaired) electrons. The maximum absolute atomic E-state index is 11.5. The average Bonchev–Trinajstić information content (AvgIpc) is 2.45. The predicted octanol–water partition coefficient (Wildman–Crippen LogP) is 0.799. The fraction of sp³-hybridized carbons (Fsp3) is 0.333. The van der Waals surface area contributed by atoms with Crippen LogP contribution < -0.4 is 10.6 Å². The van der Waals surface area contributed by atoms with Crippen molar-refractivity contribution in [1.82, 2.24) is 4.98 Å². The van der Waals surface area contributed by atoms with Gasteiger partial charge in [-0.15, -0.1) is 0 Å². The molecule has 1 aromatic heterocycles. The largest absolute Gasteiger partial charge is 0.326 e. The Kier molecular flexibility index (Phi) is 2.39. The number of anilines is 1. The summed E-state index contributed by atoms with van der Waals surface area (Å²) in [6.07, 6.45) is 0.383. The highest BCUT2D eigenvalue weighted by Gasteiger charge is 2.28. The second-order valence-corrected chi connectivity index (χ2v) is 3.67. The second-order valence-electron chi connectivity index (χ2n) is 3.29. The standard InChI is InChI=1S/C9H10ClN3O/c10-7-2-1-3-8(12-7)13-5-6(11)4-9(13)14/h1-3,6H,4-5,11H2. The van der Waals surface area contributed by atoms with Crippen molar-refractivity contribution in [2.75, 3.05) is 11.4 Å². The van der Waals surface area contributed by atoms with Crippen LogP contribution in [0.1, 0.15) is 6.42 Å². The zero-order chi connectivity index (χ0) is 10.1. The maximum atomic E-state index is 11.5. The molecule has 2 rings (SSSR count). The van der Waals surface area contributed by atoms with Gasteiger partial charge in [0.1, 0.15) is 11.0 Å². The third-order valence-corrected chi connectivity index (χ3v) is 2.34. The van der Waals surface area contributed by atoms with E-state index in [4.69, 9.17) is 17.3 Å². The number of rotatable bonds is 1. The molecule has 5 heteroatoms. The number of nitrogens with two attached hydrogens (primary N) is 1. The van der Waals surface area contributed by atoms with Crippen LogP contribution in [-0.2, 0) is 4.79 Å². The number of aromatic nitrogens is 1. The number of carbonyl (C=O) groups excluding carboxylic acids is 1. The first-order valence-corrected chi connectivity index (χ1v) is 4.73. The van der Waals surface area contributed by atoms with E-state index in [-0.39, 0.29) is 11.9 Å². The van der Waals surface area contributed by atoms with Gasteiger partial charge in [0.2, 0.25) is 5.91 Å². The van der Waals surface area contributed by atoms with Crippen molar-refractivity contribution in [3.63, 3.8) is 0 Å². The Balaban J connectivity index is 2.27. The van der Waals surface area contributed by atoms with E-state index >= 15 is 0 Å². The van der Waals surface area contributed by atoms with Gasteiger partial charge in [-0.25, -0.2) is 4.98 Å². The summed E-state index contributed by atoms with van der Waals surface area (Å²) in [5.41, 5.74) is 5.67. The summed E-state index contributed by atoms with van der Waals surface area (Å²) in [7, 11) is 0. The number of halogens is 1. The zero-order valence-corrected chi connectivity index (χ0v) is 8.24. The van der Waals surface area contributed by atoms with Crippen LogP contribution in [0.15, 0.2) is 18.2 Å². The highest BCUT2D eigenvalue weighted by atomic mass is 35.5. The van der Waals surface area contributed by atoms with E-state index in [2.05, 4.69) is 4.98 Å². The van der Waals surface area contributed by atoms with Gasteiger partial charge in [-0.3, -0.25) is 9.69 Å². The van der Waals surface area contributed by atoms with Gasteiger partial charge in [0.05, 0.1) is 0 Å². The SMILES string of the molecule is NC1CC(=O)N(c2cccc(Cl)n2)C1. The number of pyridine rings is 1. The van der Waals surface area contributed by atoms with Crippen LogP contribution in [0.4, 0.5) is 5.82 Å². The number of carbonyl (C=O) groups is 1. The molecule has 0 aliphatic carbocycles. The molecular weight excluding hydrogens is 202 g/mol. The Morgan fingerprint density at radius 1 is 1.57 bits per heavy atom. The average molecular weight is 212 g/mol. The highest BCUT2D eigenvalue weighted by Crippen LogP contribution is 2.19. The van der Waals surface area contributed by atoms with E-state index in [0.29, 0.717) is 23.9 Å². The molecule has 1 unspecified atom stereocenters. The smallest absolute Gasteiger partial charge is 0.229 e. The minimum absolute atomic E-state index is 0.00673. The van der Waals surface area contributed by atoms with Crippen LogP contribution in [0.2, 0.25) is 5.15 Å². The molecule has 2 heterocycles. The van der Waals surface area contributed by atoms with Crippen LogP contribution in [0.3, 0.4) is 0 Å². The molecule has 1 atom stereocenters. The summed E-state index contributed by atoms with van der Waals surface area (Å²) < 4.78 is 0.